The zero-order valence-corrected chi connectivity index (χ0v) is 13.9. The second-order valence-electron chi connectivity index (χ2n) is 6.28. The third-order valence-electron chi connectivity index (χ3n) is 4.63. The van der Waals surface area contributed by atoms with Gasteiger partial charge in [0.2, 0.25) is 0 Å². The number of benzene rings is 4. The van der Waals surface area contributed by atoms with Gasteiger partial charge in [0.15, 0.2) is 5.78 Å². The normalized spacial score (nSPS) is 11.2. The quantitative estimate of drug-likeness (QED) is 0.254. The van der Waals surface area contributed by atoms with Crippen LogP contribution in [-0.2, 0) is 0 Å². The monoisotopic (exact) mass is 334 g/mol. The number of hydrogen-bond acceptors (Lipinski definition) is 3. The lowest BCUT2D eigenvalue weighted by molar-refractivity contribution is 0.103. The van der Waals surface area contributed by atoms with Crippen LogP contribution in [0, 0.1) is 0 Å². The van der Waals surface area contributed by atoms with Gasteiger partial charge in [0.05, 0.1) is 22.1 Å². The van der Waals surface area contributed by atoms with Gasteiger partial charge in [-0.25, -0.2) is 9.97 Å². The molecule has 1 heterocycles. The fourth-order valence-corrected chi connectivity index (χ4v) is 3.31. The Labute approximate surface area is 149 Å². The molecule has 0 bridgehead atoms. The molecule has 0 aliphatic rings. The molecule has 0 unspecified atom stereocenters. The molecule has 122 valence electrons. The number of rotatable bonds is 2. The summed E-state index contributed by atoms with van der Waals surface area (Å²) in [6.07, 6.45) is 0. The average Bonchev–Trinajstić information content (AvgIpc) is 2.72. The molecular weight excluding hydrogens is 320 g/mol. The van der Waals surface area contributed by atoms with Crippen molar-refractivity contribution >= 4 is 38.6 Å². The second kappa shape index (κ2) is 5.74. The standard InChI is InChI=1S/C23H14N2O/c26-23(16-7-2-1-3-8-16)17-11-12-19-21(14-17)25-22-18-9-5-4-6-15(18)10-13-20(22)24-19/h1-14H. The van der Waals surface area contributed by atoms with Gasteiger partial charge in [-0.15, -0.1) is 0 Å². The van der Waals surface area contributed by atoms with Crippen LogP contribution in [-0.4, -0.2) is 15.8 Å². The first-order valence-electron chi connectivity index (χ1n) is 8.49. The van der Waals surface area contributed by atoms with Gasteiger partial charge in [0.1, 0.15) is 0 Å². The Hall–Kier alpha value is -3.59. The van der Waals surface area contributed by atoms with Crippen molar-refractivity contribution in [1.82, 2.24) is 9.97 Å². The number of fused-ring (bicyclic) bond motifs is 4. The average molecular weight is 334 g/mol. The van der Waals surface area contributed by atoms with Gasteiger partial charge in [-0.3, -0.25) is 4.79 Å². The Bertz CT molecular complexity index is 1290. The number of nitrogens with zero attached hydrogens (tertiary/aromatic N) is 2. The maximum absolute atomic E-state index is 12.7. The minimum absolute atomic E-state index is 0.00711. The Morgan fingerprint density at radius 3 is 2.27 bits per heavy atom. The summed E-state index contributed by atoms with van der Waals surface area (Å²) in [5.74, 6) is -0.00711. The lowest BCUT2D eigenvalue weighted by Crippen LogP contribution is -2.01. The van der Waals surface area contributed by atoms with Crippen LogP contribution in [0.2, 0.25) is 0 Å². The molecule has 0 saturated heterocycles. The van der Waals surface area contributed by atoms with Crippen molar-refractivity contribution in [2.75, 3.05) is 0 Å². The second-order valence-corrected chi connectivity index (χ2v) is 6.28. The molecule has 0 atom stereocenters. The molecule has 3 heteroatoms. The predicted octanol–water partition coefficient (Wildman–Crippen LogP) is 5.17. The lowest BCUT2D eigenvalue weighted by Gasteiger charge is -2.06. The summed E-state index contributed by atoms with van der Waals surface area (Å²) in [6, 6.07) is 27.0. The Morgan fingerprint density at radius 1 is 0.615 bits per heavy atom. The summed E-state index contributed by atoms with van der Waals surface area (Å²) >= 11 is 0. The minimum atomic E-state index is -0.00711. The van der Waals surface area contributed by atoms with E-state index in [1.807, 2.05) is 66.7 Å². The first-order valence-corrected chi connectivity index (χ1v) is 8.49. The molecule has 0 spiro atoms. The van der Waals surface area contributed by atoms with Gasteiger partial charge in [0, 0.05) is 16.5 Å². The van der Waals surface area contributed by atoms with Crippen LogP contribution in [0.25, 0.3) is 32.8 Å². The zero-order chi connectivity index (χ0) is 17.5. The molecule has 0 amide bonds. The third-order valence-corrected chi connectivity index (χ3v) is 4.63. The van der Waals surface area contributed by atoms with Gasteiger partial charge in [-0.05, 0) is 29.7 Å². The smallest absolute Gasteiger partial charge is 0.193 e. The van der Waals surface area contributed by atoms with Gasteiger partial charge in [-0.2, -0.15) is 0 Å². The zero-order valence-electron chi connectivity index (χ0n) is 13.9. The number of carbonyl (C=O) groups is 1. The van der Waals surface area contributed by atoms with Crippen molar-refractivity contribution in [3.8, 4) is 0 Å². The van der Waals surface area contributed by atoms with Crippen molar-refractivity contribution in [1.29, 1.82) is 0 Å². The van der Waals surface area contributed by atoms with Crippen LogP contribution >= 0.6 is 0 Å². The largest absolute Gasteiger partial charge is 0.289 e. The Morgan fingerprint density at radius 2 is 1.38 bits per heavy atom. The van der Waals surface area contributed by atoms with Crippen molar-refractivity contribution in [2.24, 2.45) is 0 Å². The van der Waals surface area contributed by atoms with Gasteiger partial charge < -0.3 is 0 Å². The van der Waals surface area contributed by atoms with E-state index in [4.69, 9.17) is 9.97 Å². The summed E-state index contributed by atoms with van der Waals surface area (Å²) in [5, 5.41) is 2.20. The summed E-state index contributed by atoms with van der Waals surface area (Å²) in [7, 11) is 0. The summed E-state index contributed by atoms with van der Waals surface area (Å²) in [5.41, 5.74) is 4.54. The molecule has 4 aromatic carbocycles. The van der Waals surface area contributed by atoms with E-state index < -0.39 is 0 Å². The maximum atomic E-state index is 12.7. The summed E-state index contributed by atoms with van der Waals surface area (Å²) < 4.78 is 0. The number of aromatic nitrogens is 2. The highest BCUT2D eigenvalue weighted by Gasteiger charge is 2.11. The molecular formula is C23H14N2O. The number of hydrogen-bond donors (Lipinski definition) is 0. The van der Waals surface area contributed by atoms with Crippen molar-refractivity contribution in [3.63, 3.8) is 0 Å². The van der Waals surface area contributed by atoms with Crippen LogP contribution in [0.15, 0.2) is 84.9 Å². The van der Waals surface area contributed by atoms with E-state index in [2.05, 4.69) is 18.2 Å². The highest BCUT2D eigenvalue weighted by atomic mass is 16.1. The molecule has 0 aliphatic heterocycles. The fourth-order valence-electron chi connectivity index (χ4n) is 3.31. The van der Waals surface area contributed by atoms with E-state index in [1.165, 1.54) is 0 Å². The van der Waals surface area contributed by atoms with E-state index in [9.17, 15) is 4.79 Å². The van der Waals surface area contributed by atoms with Crippen molar-refractivity contribution in [2.45, 2.75) is 0 Å². The highest BCUT2D eigenvalue weighted by Crippen LogP contribution is 2.25. The van der Waals surface area contributed by atoms with Gasteiger partial charge >= 0.3 is 0 Å². The van der Waals surface area contributed by atoms with Crippen LogP contribution in [0.1, 0.15) is 15.9 Å². The first-order chi connectivity index (χ1) is 12.8. The van der Waals surface area contributed by atoms with Crippen LogP contribution in [0.4, 0.5) is 0 Å². The topological polar surface area (TPSA) is 42.9 Å². The van der Waals surface area contributed by atoms with E-state index in [1.54, 1.807) is 0 Å². The van der Waals surface area contributed by atoms with Crippen LogP contribution < -0.4 is 0 Å². The molecule has 5 rings (SSSR count). The SMILES string of the molecule is O=C(c1ccccc1)c1ccc2nc3ccc4ccccc4c3nc2c1. The first kappa shape index (κ1) is 14.7. The van der Waals surface area contributed by atoms with Gasteiger partial charge in [-0.1, -0.05) is 60.7 Å². The minimum Gasteiger partial charge on any atom is -0.289 e. The third kappa shape index (κ3) is 2.33. The maximum Gasteiger partial charge on any atom is 0.193 e. The molecule has 0 radical (unpaired) electrons. The van der Waals surface area contributed by atoms with Crippen molar-refractivity contribution in [3.05, 3.63) is 96.1 Å². The summed E-state index contributed by atoms with van der Waals surface area (Å²) in [6.45, 7) is 0. The summed E-state index contributed by atoms with van der Waals surface area (Å²) in [4.78, 5) is 22.3. The van der Waals surface area contributed by atoms with Gasteiger partial charge in [0.25, 0.3) is 0 Å². The van der Waals surface area contributed by atoms with Crippen molar-refractivity contribution < 1.29 is 4.79 Å². The molecule has 3 nitrogen and oxygen atoms in total. The molecule has 5 aromatic rings. The van der Waals surface area contributed by atoms with E-state index in [-0.39, 0.29) is 5.78 Å². The van der Waals surface area contributed by atoms with E-state index >= 15 is 0 Å². The predicted molar refractivity (Wildman–Crippen MR) is 104 cm³/mol. The van der Waals surface area contributed by atoms with E-state index in [0.717, 1.165) is 32.8 Å². The van der Waals surface area contributed by atoms with E-state index in [0.29, 0.717) is 11.1 Å². The molecule has 0 saturated carbocycles. The van der Waals surface area contributed by atoms with Crippen LogP contribution in [0.3, 0.4) is 0 Å². The highest BCUT2D eigenvalue weighted by molar-refractivity contribution is 6.11. The molecule has 1 aromatic heterocycles. The number of carbonyl (C=O) groups excluding carboxylic acids is 1. The Kier molecular flexibility index (Phi) is 3.25. The molecule has 0 fully saturated rings. The molecule has 26 heavy (non-hydrogen) atoms. The molecule has 0 N–H and O–H groups in total. The molecule has 0 aliphatic carbocycles. The number of ketones is 1. The lowest BCUT2D eigenvalue weighted by atomic mass is 10.0. The Balaban J connectivity index is 1.73. The fraction of sp³-hybridized carbons (Fsp3) is 0. The van der Waals surface area contributed by atoms with Crippen LogP contribution in [0.5, 0.6) is 0 Å².